The number of amides is 3. The van der Waals surface area contributed by atoms with Crippen LogP contribution in [0.2, 0.25) is 0 Å². The molecule has 2 heterocycles. The first kappa shape index (κ1) is 25.7. The lowest BCUT2D eigenvalue weighted by Crippen LogP contribution is -2.49. The molecule has 2 aliphatic rings. The van der Waals surface area contributed by atoms with Crippen LogP contribution in [-0.2, 0) is 25.7 Å². The van der Waals surface area contributed by atoms with Crippen molar-refractivity contribution in [1.82, 2.24) is 14.7 Å². The van der Waals surface area contributed by atoms with E-state index in [4.69, 9.17) is 9.47 Å². The Kier molecular flexibility index (Phi) is 9.51. The van der Waals surface area contributed by atoms with Crippen molar-refractivity contribution in [3.63, 3.8) is 0 Å². The summed E-state index contributed by atoms with van der Waals surface area (Å²) in [5, 5.41) is 0. The van der Waals surface area contributed by atoms with E-state index in [9.17, 15) is 14.4 Å². The summed E-state index contributed by atoms with van der Waals surface area (Å²) in [5.74, 6) is 0.735. The Bertz CT molecular complexity index is 883. The lowest BCUT2D eigenvalue weighted by Gasteiger charge is -2.38. The topological polar surface area (TPSA) is 79.4 Å². The van der Waals surface area contributed by atoms with Crippen molar-refractivity contribution in [2.75, 3.05) is 53.0 Å². The number of rotatable bonds is 6. The van der Waals surface area contributed by atoms with Gasteiger partial charge in [0.2, 0.25) is 17.7 Å². The largest absolute Gasteiger partial charge is 0.489 e. The van der Waals surface area contributed by atoms with Crippen LogP contribution in [0.4, 0.5) is 0 Å². The molecule has 34 heavy (non-hydrogen) atoms. The first-order valence-electron chi connectivity index (χ1n) is 12.2. The second-order valence-corrected chi connectivity index (χ2v) is 8.85. The second-order valence-electron chi connectivity index (χ2n) is 8.85. The van der Waals surface area contributed by atoms with Gasteiger partial charge in [-0.3, -0.25) is 14.4 Å². The third kappa shape index (κ3) is 6.59. The van der Waals surface area contributed by atoms with E-state index in [0.717, 1.165) is 12.0 Å². The number of carbonyl (C=O) groups is 3. The van der Waals surface area contributed by atoms with Gasteiger partial charge in [0, 0.05) is 51.8 Å². The predicted octanol–water partition coefficient (Wildman–Crippen LogP) is 2.33. The molecule has 0 N–H and O–H groups in total. The van der Waals surface area contributed by atoms with Gasteiger partial charge in [0.25, 0.3) is 0 Å². The number of para-hydroxylation sites is 1. The van der Waals surface area contributed by atoms with Gasteiger partial charge in [-0.1, -0.05) is 30.4 Å². The Labute approximate surface area is 202 Å². The molecule has 0 aliphatic carbocycles. The van der Waals surface area contributed by atoms with E-state index < -0.39 is 0 Å². The molecular formula is C26H37N3O5. The number of benzene rings is 1. The fraction of sp³-hybridized carbons (Fsp3) is 0.577. The van der Waals surface area contributed by atoms with Crippen molar-refractivity contribution in [1.29, 1.82) is 0 Å². The van der Waals surface area contributed by atoms with Gasteiger partial charge >= 0.3 is 0 Å². The molecule has 2 atom stereocenters. The minimum absolute atomic E-state index is 0.0179. The highest BCUT2D eigenvalue weighted by Gasteiger charge is 2.33. The number of hydrogen-bond acceptors (Lipinski definition) is 5. The molecule has 3 rings (SSSR count). The highest BCUT2D eigenvalue weighted by Crippen LogP contribution is 2.29. The number of fused-ring (bicyclic) bond motifs is 3. The Morgan fingerprint density at radius 2 is 1.94 bits per heavy atom. The highest BCUT2D eigenvalue weighted by molar-refractivity contribution is 5.85. The molecule has 0 saturated carbocycles. The van der Waals surface area contributed by atoms with E-state index in [2.05, 4.69) is 6.08 Å². The normalized spacial score (nSPS) is 21.9. The Morgan fingerprint density at radius 3 is 2.68 bits per heavy atom. The molecule has 0 radical (unpaired) electrons. The fourth-order valence-electron chi connectivity index (χ4n) is 4.72. The zero-order chi connectivity index (χ0) is 24.5. The van der Waals surface area contributed by atoms with Crippen molar-refractivity contribution < 1.29 is 23.9 Å². The van der Waals surface area contributed by atoms with Crippen LogP contribution in [0.1, 0.15) is 32.3 Å². The smallest absolute Gasteiger partial charge is 0.249 e. The average Bonchev–Trinajstić information content (AvgIpc) is 2.84. The van der Waals surface area contributed by atoms with Gasteiger partial charge in [-0.05, 0) is 38.2 Å². The average molecular weight is 472 g/mol. The predicted molar refractivity (Wildman–Crippen MR) is 129 cm³/mol. The van der Waals surface area contributed by atoms with Gasteiger partial charge in [0.1, 0.15) is 25.5 Å². The lowest BCUT2D eigenvalue weighted by molar-refractivity contribution is -0.144. The Balaban J connectivity index is 1.84. The van der Waals surface area contributed by atoms with Crippen LogP contribution in [0.15, 0.2) is 36.4 Å². The van der Waals surface area contributed by atoms with E-state index in [0.29, 0.717) is 45.0 Å². The number of ether oxygens (including phenoxy) is 2. The number of methoxy groups -OCH3 is 1. The standard InChI is InChI=1S/C26H37N3O5/c1-4-27(5-2)24(30)15-20-12-13-28-16-21(20)10-8-14-34-23-11-7-6-9-22(23)17-29(18-25(28)31)26(32)19-33-3/h6-11,20-21H,4-5,12-19H2,1-3H3/b10-8-/t20-,21-/m0/s1. The first-order chi connectivity index (χ1) is 16.5. The monoisotopic (exact) mass is 471 g/mol. The molecule has 1 saturated heterocycles. The van der Waals surface area contributed by atoms with Crippen molar-refractivity contribution in [2.45, 2.75) is 33.2 Å². The maximum Gasteiger partial charge on any atom is 0.249 e. The van der Waals surface area contributed by atoms with E-state index in [-0.39, 0.29) is 49.3 Å². The summed E-state index contributed by atoms with van der Waals surface area (Å²) in [7, 11) is 1.47. The molecule has 3 amide bonds. The third-order valence-corrected chi connectivity index (χ3v) is 6.71. The number of nitrogens with zero attached hydrogens (tertiary/aromatic N) is 3. The number of carbonyl (C=O) groups excluding carboxylic acids is 3. The summed E-state index contributed by atoms with van der Waals surface area (Å²) >= 11 is 0. The van der Waals surface area contributed by atoms with Crippen LogP contribution in [0, 0.1) is 11.8 Å². The van der Waals surface area contributed by atoms with Crippen LogP contribution in [0.3, 0.4) is 0 Å². The summed E-state index contributed by atoms with van der Waals surface area (Å²) in [6.07, 6.45) is 5.30. The lowest BCUT2D eigenvalue weighted by atomic mass is 9.82. The van der Waals surface area contributed by atoms with Gasteiger partial charge < -0.3 is 24.2 Å². The summed E-state index contributed by atoms with van der Waals surface area (Å²) in [4.78, 5) is 44.0. The molecule has 8 heteroatoms. The van der Waals surface area contributed by atoms with Gasteiger partial charge in [0.15, 0.2) is 0 Å². The summed E-state index contributed by atoms with van der Waals surface area (Å²) in [6, 6.07) is 7.56. The summed E-state index contributed by atoms with van der Waals surface area (Å²) < 4.78 is 11.1. The molecular weight excluding hydrogens is 434 g/mol. The Hall–Kier alpha value is -2.87. The molecule has 2 bridgehead atoms. The highest BCUT2D eigenvalue weighted by atomic mass is 16.5. The molecule has 0 unspecified atom stereocenters. The van der Waals surface area contributed by atoms with Crippen molar-refractivity contribution in [3.05, 3.63) is 42.0 Å². The molecule has 8 nitrogen and oxygen atoms in total. The molecule has 2 aliphatic heterocycles. The Morgan fingerprint density at radius 1 is 1.18 bits per heavy atom. The first-order valence-corrected chi connectivity index (χ1v) is 12.2. The molecule has 0 spiro atoms. The van der Waals surface area contributed by atoms with Gasteiger partial charge in [0.05, 0.1) is 0 Å². The molecule has 186 valence electrons. The van der Waals surface area contributed by atoms with E-state index in [1.54, 1.807) is 0 Å². The zero-order valence-corrected chi connectivity index (χ0v) is 20.6. The molecule has 1 aromatic carbocycles. The number of hydrogen-bond donors (Lipinski definition) is 0. The van der Waals surface area contributed by atoms with Crippen LogP contribution >= 0.6 is 0 Å². The van der Waals surface area contributed by atoms with E-state index in [1.807, 2.05) is 54.0 Å². The van der Waals surface area contributed by atoms with Gasteiger partial charge in [-0.25, -0.2) is 0 Å². The van der Waals surface area contributed by atoms with Crippen LogP contribution in [-0.4, -0.2) is 85.5 Å². The summed E-state index contributed by atoms with van der Waals surface area (Å²) in [5.41, 5.74) is 0.841. The van der Waals surface area contributed by atoms with Gasteiger partial charge in [-0.15, -0.1) is 0 Å². The van der Waals surface area contributed by atoms with E-state index in [1.165, 1.54) is 12.0 Å². The number of piperidine rings is 1. The zero-order valence-electron chi connectivity index (χ0n) is 20.6. The van der Waals surface area contributed by atoms with Crippen molar-refractivity contribution in [3.8, 4) is 5.75 Å². The minimum Gasteiger partial charge on any atom is -0.489 e. The maximum atomic E-state index is 13.2. The van der Waals surface area contributed by atoms with E-state index >= 15 is 0 Å². The molecule has 1 fully saturated rings. The van der Waals surface area contributed by atoms with Crippen LogP contribution in [0.5, 0.6) is 5.75 Å². The summed E-state index contributed by atoms with van der Waals surface area (Å²) in [6.45, 7) is 7.05. The van der Waals surface area contributed by atoms with Crippen LogP contribution in [0.25, 0.3) is 0 Å². The second kappa shape index (κ2) is 12.6. The quantitative estimate of drug-likeness (QED) is 0.595. The van der Waals surface area contributed by atoms with Crippen molar-refractivity contribution >= 4 is 17.7 Å². The minimum atomic E-state index is -0.241. The maximum absolute atomic E-state index is 13.2. The molecule has 1 aromatic rings. The van der Waals surface area contributed by atoms with Crippen molar-refractivity contribution in [2.24, 2.45) is 11.8 Å². The van der Waals surface area contributed by atoms with Gasteiger partial charge in [-0.2, -0.15) is 0 Å². The SMILES string of the molecule is CCN(CC)C(=O)C[C@@H]1CCN2C[C@@H]1/C=C\COc1ccccc1CN(C(=O)COC)CC2=O. The molecule has 0 aromatic heterocycles. The third-order valence-electron chi connectivity index (χ3n) is 6.71. The fourth-order valence-corrected chi connectivity index (χ4v) is 4.72. The van der Waals surface area contributed by atoms with Crippen LogP contribution < -0.4 is 4.74 Å².